The molecule has 124 valence electrons. The second kappa shape index (κ2) is 5.72. The average Bonchev–Trinajstić information content (AvgIpc) is 2.95. The Morgan fingerprint density at radius 1 is 1.17 bits per heavy atom. The van der Waals surface area contributed by atoms with Gasteiger partial charge in [-0.2, -0.15) is 23.3 Å². The molecule has 1 aliphatic rings. The second-order valence-electron chi connectivity index (χ2n) is 5.26. The first-order chi connectivity index (χ1) is 11.3. The normalized spacial score (nSPS) is 20.8. The fourth-order valence-electron chi connectivity index (χ4n) is 2.38. The lowest BCUT2D eigenvalue weighted by Gasteiger charge is -2.32. The third kappa shape index (κ3) is 2.65. The third-order valence-corrected chi connectivity index (χ3v) is 3.65. The molecular formula is C16H12F3N3O2. The van der Waals surface area contributed by atoms with Crippen LogP contribution in [0.2, 0.25) is 0 Å². The molecule has 1 aromatic heterocycles. The zero-order valence-electron chi connectivity index (χ0n) is 12.2. The zero-order valence-corrected chi connectivity index (χ0v) is 12.2. The van der Waals surface area contributed by atoms with Gasteiger partial charge in [0.15, 0.2) is 0 Å². The molecule has 0 saturated heterocycles. The smallest absolute Gasteiger partial charge is 0.362 e. The highest BCUT2D eigenvalue weighted by atomic mass is 19.4. The van der Waals surface area contributed by atoms with E-state index in [2.05, 4.69) is 10.1 Å². The van der Waals surface area contributed by atoms with E-state index >= 15 is 0 Å². The Kier molecular flexibility index (Phi) is 3.84. The average molecular weight is 335 g/mol. The Balaban J connectivity index is 2.05. The maximum Gasteiger partial charge on any atom is 0.438 e. The van der Waals surface area contributed by atoms with Gasteiger partial charge in [0.25, 0.3) is 11.6 Å². The van der Waals surface area contributed by atoms with Crippen molar-refractivity contribution in [2.45, 2.75) is 18.3 Å². The van der Waals surface area contributed by atoms with Crippen molar-refractivity contribution in [3.8, 4) is 0 Å². The van der Waals surface area contributed by atoms with Crippen molar-refractivity contribution in [2.75, 3.05) is 0 Å². The Labute approximate surface area is 135 Å². The Morgan fingerprint density at radius 2 is 1.88 bits per heavy atom. The number of rotatable bonds is 2. The van der Waals surface area contributed by atoms with E-state index in [0.29, 0.717) is 5.56 Å². The van der Waals surface area contributed by atoms with Crippen LogP contribution in [0.4, 0.5) is 13.2 Å². The van der Waals surface area contributed by atoms with Gasteiger partial charge in [0.05, 0.1) is 12.1 Å². The van der Waals surface area contributed by atoms with Crippen LogP contribution in [-0.4, -0.2) is 38.6 Å². The number of hydrazone groups is 1. The molecule has 0 bridgehead atoms. The first-order valence-corrected chi connectivity index (χ1v) is 6.99. The van der Waals surface area contributed by atoms with Gasteiger partial charge in [-0.25, -0.2) is 0 Å². The Bertz CT molecular complexity index is 778. The summed E-state index contributed by atoms with van der Waals surface area (Å²) in [6.07, 6.45) is -3.14. The maximum absolute atomic E-state index is 13.4. The van der Waals surface area contributed by atoms with Crippen LogP contribution in [0, 0.1) is 0 Å². The topological polar surface area (TPSA) is 65.8 Å². The third-order valence-electron chi connectivity index (χ3n) is 3.65. The van der Waals surface area contributed by atoms with E-state index in [1.807, 2.05) is 0 Å². The highest BCUT2D eigenvalue weighted by molar-refractivity contribution is 6.05. The van der Waals surface area contributed by atoms with Crippen LogP contribution in [0.3, 0.4) is 0 Å². The van der Waals surface area contributed by atoms with Crippen LogP contribution in [0.25, 0.3) is 0 Å². The molecule has 1 aliphatic heterocycles. The second-order valence-corrected chi connectivity index (χ2v) is 5.26. The number of amides is 1. The summed E-state index contributed by atoms with van der Waals surface area (Å²) in [4.78, 5) is 16.2. The van der Waals surface area contributed by atoms with Crippen LogP contribution < -0.4 is 0 Å². The first kappa shape index (κ1) is 16.1. The van der Waals surface area contributed by atoms with E-state index in [9.17, 15) is 23.1 Å². The summed E-state index contributed by atoms with van der Waals surface area (Å²) >= 11 is 0. The number of alkyl halides is 3. The quantitative estimate of drug-likeness (QED) is 0.917. The number of pyridine rings is 1. The van der Waals surface area contributed by atoms with Crippen LogP contribution >= 0.6 is 0 Å². The molecule has 24 heavy (non-hydrogen) atoms. The standard InChI is InChI=1S/C16H12F3N3O2/c17-16(18,19)15(24)9-13(12-7-4-8-20-10-12)21-22(15)14(23)11-5-2-1-3-6-11/h1-8,10,24H,9H2. The summed E-state index contributed by atoms with van der Waals surface area (Å²) in [7, 11) is 0. The molecule has 0 radical (unpaired) electrons. The highest BCUT2D eigenvalue weighted by Crippen LogP contribution is 2.41. The number of aliphatic hydroxyl groups is 1. The van der Waals surface area contributed by atoms with E-state index in [0.717, 1.165) is 0 Å². The van der Waals surface area contributed by atoms with E-state index in [4.69, 9.17) is 0 Å². The molecule has 1 amide bonds. The molecule has 5 nitrogen and oxygen atoms in total. The lowest BCUT2D eigenvalue weighted by molar-refractivity contribution is -0.297. The van der Waals surface area contributed by atoms with Crippen molar-refractivity contribution in [3.05, 3.63) is 66.0 Å². The summed E-state index contributed by atoms with van der Waals surface area (Å²) < 4.78 is 40.3. The number of nitrogens with zero attached hydrogens (tertiary/aromatic N) is 3. The molecule has 0 aliphatic carbocycles. The molecule has 2 aromatic rings. The lowest BCUT2D eigenvalue weighted by Crippen LogP contribution is -2.56. The Morgan fingerprint density at radius 3 is 2.46 bits per heavy atom. The molecule has 1 unspecified atom stereocenters. The predicted molar refractivity (Wildman–Crippen MR) is 79.0 cm³/mol. The summed E-state index contributed by atoms with van der Waals surface area (Å²) in [6.45, 7) is 0. The molecule has 1 aromatic carbocycles. The summed E-state index contributed by atoms with van der Waals surface area (Å²) in [5.74, 6) is -1.03. The van der Waals surface area contributed by atoms with Gasteiger partial charge in [0, 0.05) is 23.5 Å². The minimum Gasteiger partial charge on any atom is -0.362 e. The van der Waals surface area contributed by atoms with Crippen molar-refractivity contribution in [2.24, 2.45) is 5.10 Å². The number of aromatic nitrogens is 1. The zero-order chi connectivity index (χ0) is 17.4. The number of hydrogen-bond acceptors (Lipinski definition) is 4. The van der Waals surface area contributed by atoms with Gasteiger partial charge < -0.3 is 5.11 Å². The maximum atomic E-state index is 13.4. The lowest BCUT2D eigenvalue weighted by atomic mass is 10.0. The van der Waals surface area contributed by atoms with Crippen LogP contribution in [0.5, 0.6) is 0 Å². The molecule has 2 heterocycles. The molecule has 1 N–H and O–H groups in total. The van der Waals surface area contributed by atoms with Gasteiger partial charge in [0.1, 0.15) is 0 Å². The number of benzene rings is 1. The summed E-state index contributed by atoms with van der Waals surface area (Å²) in [5, 5.41) is 14.0. The van der Waals surface area contributed by atoms with Gasteiger partial charge in [-0.1, -0.05) is 24.3 Å². The molecule has 0 spiro atoms. The molecule has 1 atom stereocenters. The number of carbonyl (C=O) groups excluding carboxylic acids is 1. The molecule has 0 fully saturated rings. The van der Waals surface area contributed by atoms with Gasteiger partial charge >= 0.3 is 6.18 Å². The van der Waals surface area contributed by atoms with Crippen molar-refractivity contribution in [1.29, 1.82) is 0 Å². The van der Waals surface area contributed by atoms with Crippen LogP contribution in [0.15, 0.2) is 60.0 Å². The van der Waals surface area contributed by atoms with Crippen LogP contribution in [0.1, 0.15) is 22.3 Å². The van der Waals surface area contributed by atoms with Crippen molar-refractivity contribution >= 4 is 11.6 Å². The number of hydrogen-bond donors (Lipinski definition) is 1. The molecular weight excluding hydrogens is 323 g/mol. The fourth-order valence-corrected chi connectivity index (χ4v) is 2.38. The van der Waals surface area contributed by atoms with Crippen molar-refractivity contribution in [1.82, 2.24) is 9.99 Å². The van der Waals surface area contributed by atoms with E-state index < -0.39 is 24.2 Å². The fraction of sp³-hybridized carbons (Fsp3) is 0.188. The molecule has 8 heteroatoms. The Hall–Kier alpha value is -2.74. The van der Waals surface area contributed by atoms with Crippen LogP contribution in [-0.2, 0) is 0 Å². The first-order valence-electron chi connectivity index (χ1n) is 6.99. The van der Waals surface area contributed by atoms with Crippen molar-refractivity contribution in [3.63, 3.8) is 0 Å². The van der Waals surface area contributed by atoms with Crippen molar-refractivity contribution < 1.29 is 23.1 Å². The number of halogens is 3. The van der Waals surface area contributed by atoms with E-state index in [1.54, 1.807) is 6.07 Å². The highest BCUT2D eigenvalue weighted by Gasteiger charge is 2.63. The monoisotopic (exact) mass is 335 g/mol. The van der Waals surface area contributed by atoms with E-state index in [1.165, 1.54) is 48.8 Å². The van der Waals surface area contributed by atoms with Gasteiger partial charge in [0.2, 0.25) is 0 Å². The van der Waals surface area contributed by atoms with E-state index in [-0.39, 0.29) is 16.3 Å². The molecule has 0 saturated carbocycles. The summed E-state index contributed by atoms with van der Waals surface area (Å²) in [6, 6.07) is 10.4. The van der Waals surface area contributed by atoms with Gasteiger partial charge in [-0.05, 0) is 18.2 Å². The minimum atomic E-state index is -5.06. The predicted octanol–water partition coefficient (Wildman–Crippen LogP) is 2.58. The molecule has 3 rings (SSSR count). The largest absolute Gasteiger partial charge is 0.438 e. The number of carbonyl (C=O) groups is 1. The SMILES string of the molecule is O=C(c1ccccc1)N1N=C(c2cccnc2)CC1(O)C(F)(F)F. The van der Waals surface area contributed by atoms with Gasteiger partial charge in [-0.3, -0.25) is 9.78 Å². The summed E-state index contributed by atoms with van der Waals surface area (Å²) in [5.41, 5.74) is -3.16. The van der Waals surface area contributed by atoms with Gasteiger partial charge in [-0.15, -0.1) is 0 Å². The minimum absolute atomic E-state index is 0.00337.